The van der Waals surface area contributed by atoms with Crippen molar-refractivity contribution in [3.63, 3.8) is 0 Å². The second kappa shape index (κ2) is 10.9. The molecule has 1 aliphatic heterocycles. The highest BCUT2D eigenvalue weighted by molar-refractivity contribution is 6.62. The van der Waals surface area contributed by atoms with E-state index in [1.54, 1.807) is 0 Å². The molecule has 0 saturated carbocycles. The first kappa shape index (κ1) is 28.6. The standard InChI is InChI=1S/C42H36BNO2/c1-41(2)42(3,4)46-43(45-41)35-19-13-18-31(25-35)32-22-23-40-38(28-32)37-20-11-12-21-39(37)44(40)36-26-33(29-14-7-5-8-15-29)24-34(27-36)30-16-9-6-10-17-30/h5-28H,1-4H3. The Balaban J connectivity index is 1.28. The third-order valence-corrected chi connectivity index (χ3v) is 9.81. The molecule has 0 spiro atoms. The lowest BCUT2D eigenvalue weighted by Crippen LogP contribution is -2.41. The van der Waals surface area contributed by atoms with Gasteiger partial charge in [-0.1, -0.05) is 109 Å². The van der Waals surface area contributed by atoms with Gasteiger partial charge in [0.05, 0.1) is 22.2 Å². The Morgan fingerprint density at radius 2 is 0.978 bits per heavy atom. The summed E-state index contributed by atoms with van der Waals surface area (Å²) in [6, 6.07) is 52.4. The Morgan fingerprint density at radius 1 is 0.435 bits per heavy atom. The first-order valence-corrected chi connectivity index (χ1v) is 16.0. The maximum Gasteiger partial charge on any atom is 0.494 e. The summed E-state index contributed by atoms with van der Waals surface area (Å²) in [6.45, 7) is 8.38. The molecule has 224 valence electrons. The zero-order chi connectivity index (χ0) is 31.5. The summed E-state index contributed by atoms with van der Waals surface area (Å²) in [5, 5.41) is 2.45. The molecule has 0 unspecified atom stereocenters. The molecule has 0 aliphatic carbocycles. The highest BCUT2D eigenvalue weighted by atomic mass is 16.7. The van der Waals surface area contributed by atoms with Gasteiger partial charge in [0.15, 0.2) is 0 Å². The summed E-state index contributed by atoms with van der Waals surface area (Å²) in [7, 11) is -0.397. The largest absolute Gasteiger partial charge is 0.494 e. The average Bonchev–Trinajstić information content (AvgIpc) is 3.53. The smallest absolute Gasteiger partial charge is 0.399 e. The zero-order valence-electron chi connectivity index (χ0n) is 26.7. The average molecular weight is 598 g/mol. The monoisotopic (exact) mass is 597 g/mol. The van der Waals surface area contributed by atoms with E-state index in [1.165, 1.54) is 44.1 Å². The fraction of sp³-hybridized carbons (Fsp3) is 0.143. The van der Waals surface area contributed by atoms with E-state index in [1.807, 2.05) is 0 Å². The highest BCUT2D eigenvalue weighted by Crippen LogP contribution is 2.39. The van der Waals surface area contributed by atoms with Crippen molar-refractivity contribution in [3.05, 3.63) is 146 Å². The van der Waals surface area contributed by atoms with Crippen molar-refractivity contribution in [3.8, 4) is 39.1 Å². The molecular formula is C42H36BNO2. The highest BCUT2D eigenvalue weighted by Gasteiger charge is 2.51. The molecule has 1 saturated heterocycles. The molecule has 4 heteroatoms. The second-order valence-electron chi connectivity index (χ2n) is 13.3. The van der Waals surface area contributed by atoms with Crippen molar-refractivity contribution in [2.24, 2.45) is 0 Å². The number of nitrogens with zero attached hydrogens (tertiary/aromatic N) is 1. The minimum absolute atomic E-state index is 0.382. The van der Waals surface area contributed by atoms with E-state index >= 15 is 0 Å². The van der Waals surface area contributed by atoms with E-state index in [-0.39, 0.29) is 11.2 Å². The minimum atomic E-state index is -0.397. The van der Waals surface area contributed by atoms with Gasteiger partial charge in [-0.3, -0.25) is 0 Å². The van der Waals surface area contributed by atoms with Crippen LogP contribution < -0.4 is 5.46 Å². The molecule has 0 N–H and O–H groups in total. The third kappa shape index (κ3) is 4.86. The van der Waals surface area contributed by atoms with Crippen molar-refractivity contribution < 1.29 is 9.31 Å². The second-order valence-corrected chi connectivity index (χ2v) is 13.3. The number of hydrogen-bond donors (Lipinski definition) is 0. The quantitative estimate of drug-likeness (QED) is 0.184. The van der Waals surface area contributed by atoms with E-state index in [0.717, 1.165) is 22.3 Å². The van der Waals surface area contributed by atoms with Crippen LogP contribution in [0, 0.1) is 0 Å². The summed E-state index contributed by atoms with van der Waals surface area (Å²) in [6.07, 6.45) is 0. The van der Waals surface area contributed by atoms with Crippen LogP contribution in [0.4, 0.5) is 0 Å². The molecule has 6 aromatic carbocycles. The maximum atomic E-state index is 6.38. The van der Waals surface area contributed by atoms with Gasteiger partial charge in [0.25, 0.3) is 0 Å². The number of hydrogen-bond acceptors (Lipinski definition) is 2. The van der Waals surface area contributed by atoms with Gasteiger partial charge < -0.3 is 13.9 Å². The summed E-state index contributed by atoms with van der Waals surface area (Å²) in [5.41, 5.74) is 10.9. The fourth-order valence-corrected chi connectivity index (χ4v) is 6.61. The fourth-order valence-electron chi connectivity index (χ4n) is 6.61. The van der Waals surface area contributed by atoms with Crippen molar-refractivity contribution in [1.29, 1.82) is 0 Å². The number of aromatic nitrogens is 1. The minimum Gasteiger partial charge on any atom is -0.399 e. The van der Waals surface area contributed by atoms with Crippen LogP contribution >= 0.6 is 0 Å². The van der Waals surface area contributed by atoms with Gasteiger partial charge in [-0.25, -0.2) is 0 Å². The molecular weight excluding hydrogens is 561 g/mol. The Morgan fingerprint density at radius 3 is 1.63 bits per heavy atom. The van der Waals surface area contributed by atoms with Crippen LogP contribution in [-0.4, -0.2) is 22.9 Å². The Bertz CT molecular complexity index is 2140. The van der Waals surface area contributed by atoms with Gasteiger partial charge in [-0.2, -0.15) is 0 Å². The van der Waals surface area contributed by atoms with Crippen LogP contribution in [0.3, 0.4) is 0 Å². The summed E-state index contributed by atoms with van der Waals surface area (Å²) in [5.74, 6) is 0. The molecule has 0 bridgehead atoms. The predicted octanol–water partition coefficient (Wildman–Crippen LogP) is 10.1. The molecule has 8 rings (SSSR count). The van der Waals surface area contributed by atoms with Gasteiger partial charge in [-0.05, 0) is 103 Å². The Labute approximate surface area is 271 Å². The number of rotatable bonds is 5. The Kier molecular flexibility index (Phi) is 6.75. The topological polar surface area (TPSA) is 23.4 Å². The van der Waals surface area contributed by atoms with Gasteiger partial charge >= 0.3 is 7.12 Å². The van der Waals surface area contributed by atoms with E-state index in [9.17, 15) is 0 Å². The number of para-hydroxylation sites is 1. The summed E-state index contributed by atoms with van der Waals surface area (Å²) in [4.78, 5) is 0. The molecule has 1 fully saturated rings. The summed E-state index contributed by atoms with van der Waals surface area (Å²) >= 11 is 0. The molecule has 0 atom stereocenters. The van der Waals surface area contributed by atoms with E-state index < -0.39 is 7.12 Å². The van der Waals surface area contributed by atoms with Gasteiger partial charge in [0, 0.05) is 16.5 Å². The van der Waals surface area contributed by atoms with Crippen molar-refractivity contribution in [1.82, 2.24) is 4.57 Å². The molecule has 0 radical (unpaired) electrons. The van der Waals surface area contributed by atoms with Crippen LogP contribution in [0.15, 0.2) is 146 Å². The van der Waals surface area contributed by atoms with E-state index in [4.69, 9.17) is 9.31 Å². The molecule has 1 aromatic heterocycles. The van der Waals surface area contributed by atoms with Crippen LogP contribution in [0.5, 0.6) is 0 Å². The maximum absolute atomic E-state index is 6.38. The number of benzene rings is 6. The van der Waals surface area contributed by atoms with Crippen LogP contribution in [-0.2, 0) is 9.31 Å². The zero-order valence-corrected chi connectivity index (χ0v) is 26.7. The summed E-state index contributed by atoms with van der Waals surface area (Å²) < 4.78 is 15.2. The molecule has 3 nitrogen and oxygen atoms in total. The van der Waals surface area contributed by atoms with Crippen molar-refractivity contribution in [2.75, 3.05) is 0 Å². The first-order chi connectivity index (χ1) is 22.3. The van der Waals surface area contributed by atoms with E-state index in [0.29, 0.717) is 0 Å². The Hall–Kier alpha value is -4.90. The first-order valence-electron chi connectivity index (χ1n) is 16.0. The van der Waals surface area contributed by atoms with Gasteiger partial charge in [0.2, 0.25) is 0 Å². The van der Waals surface area contributed by atoms with Crippen molar-refractivity contribution >= 4 is 34.4 Å². The molecule has 7 aromatic rings. The third-order valence-electron chi connectivity index (χ3n) is 9.81. The predicted molar refractivity (Wildman–Crippen MR) is 193 cm³/mol. The SMILES string of the molecule is CC1(C)OB(c2cccc(-c3ccc4c(c3)c3ccccc3n4-c3cc(-c4ccccc4)cc(-c4ccccc4)c3)c2)OC1(C)C. The lowest BCUT2D eigenvalue weighted by molar-refractivity contribution is 0.00578. The molecule has 1 aliphatic rings. The number of fused-ring (bicyclic) bond motifs is 3. The molecule has 46 heavy (non-hydrogen) atoms. The molecule has 0 amide bonds. The lowest BCUT2D eigenvalue weighted by Gasteiger charge is -2.32. The van der Waals surface area contributed by atoms with Gasteiger partial charge in [-0.15, -0.1) is 0 Å². The lowest BCUT2D eigenvalue weighted by atomic mass is 9.78. The van der Waals surface area contributed by atoms with Gasteiger partial charge in [0.1, 0.15) is 0 Å². The van der Waals surface area contributed by atoms with Crippen molar-refractivity contribution in [2.45, 2.75) is 38.9 Å². The molecule has 2 heterocycles. The van der Waals surface area contributed by atoms with Crippen LogP contribution in [0.2, 0.25) is 0 Å². The normalized spacial score (nSPS) is 15.5. The van der Waals surface area contributed by atoms with Crippen LogP contribution in [0.25, 0.3) is 60.9 Å². The van der Waals surface area contributed by atoms with E-state index in [2.05, 4.69) is 178 Å². The van der Waals surface area contributed by atoms with Crippen LogP contribution in [0.1, 0.15) is 27.7 Å².